The van der Waals surface area contributed by atoms with Crippen LogP contribution in [-0.2, 0) is 95.1 Å². The van der Waals surface area contributed by atoms with Crippen LogP contribution in [0.5, 0.6) is 0 Å². The van der Waals surface area contributed by atoms with Crippen LogP contribution >= 0.6 is 0 Å². The largest absolute Gasteiger partial charge is 0.463 e. The molecule has 2 aliphatic heterocycles. The summed E-state index contributed by atoms with van der Waals surface area (Å²) in [7, 11) is 0. The van der Waals surface area contributed by atoms with E-state index in [4.69, 9.17) is 67.1 Å². The Bertz CT molecular complexity index is 1370. The van der Waals surface area contributed by atoms with E-state index in [9.17, 15) is 33.6 Å². The lowest BCUT2D eigenvalue weighted by molar-refractivity contribution is -0.361. The van der Waals surface area contributed by atoms with Crippen molar-refractivity contribution in [2.75, 3.05) is 52.8 Å². The summed E-state index contributed by atoms with van der Waals surface area (Å²) in [6, 6.07) is 0. The number of rotatable bonds is 21. The highest BCUT2D eigenvalue weighted by Crippen LogP contribution is 2.35. The molecule has 2 aliphatic rings. The molecule has 55 heavy (non-hydrogen) atoms. The van der Waals surface area contributed by atoms with E-state index in [-0.39, 0.29) is 39.6 Å². The number of carbonyl (C=O) groups excluding carboxylic acids is 7. The maximum absolute atomic E-state index is 12.5. The van der Waals surface area contributed by atoms with Crippen LogP contribution in [0, 0.1) is 0 Å². The Hall–Kier alpha value is -4.64. The van der Waals surface area contributed by atoms with E-state index >= 15 is 0 Å². The fourth-order valence-electron chi connectivity index (χ4n) is 5.30. The summed E-state index contributed by atoms with van der Waals surface area (Å²) in [5.74, 6) is -5.98. The minimum atomic E-state index is -1.81. The Balaban J connectivity index is 2.53. The molecule has 0 aromatic heterocycles. The Morgan fingerprint density at radius 2 is 0.909 bits per heavy atom. The van der Waals surface area contributed by atoms with Crippen molar-refractivity contribution in [3.8, 4) is 0 Å². The van der Waals surface area contributed by atoms with Gasteiger partial charge in [0.1, 0.15) is 31.5 Å². The first-order chi connectivity index (χ1) is 26.0. The molecular formula is C32H47N3O20. The monoisotopic (exact) mass is 793 g/mol. The Labute approximate surface area is 315 Å². The first kappa shape index (κ1) is 46.5. The summed E-state index contributed by atoms with van der Waals surface area (Å²) < 4.78 is 72.8. The lowest BCUT2D eigenvalue weighted by Gasteiger charge is -2.48. The van der Waals surface area contributed by atoms with Crippen LogP contribution in [0.25, 0.3) is 10.4 Å². The van der Waals surface area contributed by atoms with Crippen molar-refractivity contribution in [2.24, 2.45) is 5.11 Å². The van der Waals surface area contributed by atoms with Gasteiger partial charge in [0.25, 0.3) is 0 Å². The topological polar surface area (TPSA) is 288 Å². The molecule has 0 spiro atoms. The second-order valence-electron chi connectivity index (χ2n) is 11.7. The van der Waals surface area contributed by atoms with Crippen molar-refractivity contribution in [1.29, 1.82) is 0 Å². The van der Waals surface area contributed by atoms with E-state index in [1.807, 2.05) is 0 Å². The molecule has 2 saturated heterocycles. The van der Waals surface area contributed by atoms with Crippen molar-refractivity contribution < 1.29 is 95.1 Å². The normalized spacial score (nSPS) is 27.3. The third-order valence-corrected chi connectivity index (χ3v) is 7.17. The third-order valence-electron chi connectivity index (χ3n) is 7.17. The van der Waals surface area contributed by atoms with Crippen molar-refractivity contribution in [3.05, 3.63) is 10.4 Å². The van der Waals surface area contributed by atoms with Gasteiger partial charge in [0.05, 0.1) is 33.0 Å². The van der Waals surface area contributed by atoms with E-state index in [0.717, 1.165) is 48.5 Å². The Kier molecular flexibility index (Phi) is 20.3. The zero-order valence-corrected chi connectivity index (χ0v) is 31.4. The van der Waals surface area contributed by atoms with Gasteiger partial charge >= 0.3 is 41.8 Å². The molecule has 0 aromatic rings. The van der Waals surface area contributed by atoms with Gasteiger partial charge < -0.3 is 61.6 Å². The summed E-state index contributed by atoms with van der Waals surface area (Å²) in [6.45, 7) is 6.70. The highest BCUT2D eigenvalue weighted by atomic mass is 16.8. The second kappa shape index (κ2) is 24.0. The first-order valence-corrected chi connectivity index (χ1v) is 16.9. The molecule has 23 nitrogen and oxygen atoms in total. The zero-order chi connectivity index (χ0) is 41.1. The summed E-state index contributed by atoms with van der Waals surface area (Å²) >= 11 is 0. The predicted octanol–water partition coefficient (Wildman–Crippen LogP) is -0.0338. The van der Waals surface area contributed by atoms with E-state index in [0.29, 0.717) is 0 Å². The molecule has 2 fully saturated rings. The molecule has 310 valence electrons. The zero-order valence-electron chi connectivity index (χ0n) is 31.4. The van der Waals surface area contributed by atoms with Gasteiger partial charge in [0.2, 0.25) is 0 Å². The van der Waals surface area contributed by atoms with Crippen molar-refractivity contribution in [1.82, 2.24) is 0 Å². The van der Waals surface area contributed by atoms with Crippen LogP contribution in [0.4, 0.5) is 0 Å². The first-order valence-electron chi connectivity index (χ1n) is 16.9. The molecule has 0 radical (unpaired) electrons. The number of hydrogen-bond donors (Lipinski definition) is 0. The van der Waals surface area contributed by atoms with E-state index in [2.05, 4.69) is 10.0 Å². The number of azide groups is 1. The molecule has 10 atom stereocenters. The van der Waals surface area contributed by atoms with Gasteiger partial charge in [0, 0.05) is 59.9 Å². The minimum absolute atomic E-state index is 0.0239. The van der Waals surface area contributed by atoms with Gasteiger partial charge in [-0.05, 0) is 5.53 Å². The van der Waals surface area contributed by atoms with Crippen LogP contribution in [0.1, 0.15) is 48.5 Å². The molecule has 0 bridgehead atoms. The summed E-state index contributed by atoms with van der Waals surface area (Å²) in [4.78, 5) is 88.1. The molecule has 2 rings (SSSR count). The van der Waals surface area contributed by atoms with Crippen molar-refractivity contribution in [3.63, 3.8) is 0 Å². The van der Waals surface area contributed by atoms with Crippen molar-refractivity contribution >= 4 is 41.8 Å². The van der Waals surface area contributed by atoms with Crippen molar-refractivity contribution in [2.45, 2.75) is 110 Å². The minimum Gasteiger partial charge on any atom is -0.463 e. The maximum atomic E-state index is 12.5. The predicted molar refractivity (Wildman–Crippen MR) is 175 cm³/mol. The van der Waals surface area contributed by atoms with E-state index in [1.165, 1.54) is 0 Å². The lowest BCUT2D eigenvalue weighted by atomic mass is 9.96. The molecular weight excluding hydrogens is 746 g/mol. The summed E-state index contributed by atoms with van der Waals surface area (Å²) in [5, 5.41) is 3.35. The van der Waals surface area contributed by atoms with E-state index < -0.39 is 116 Å². The Morgan fingerprint density at radius 3 is 1.40 bits per heavy atom. The van der Waals surface area contributed by atoms with Crippen LogP contribution < -0.4 is 0 Å². The highest BCUT2D eigenvalue weighted by Gasteiger charge is 2.57. The number of hydrogen-bond acceptors (Lipinski definition) is 21. The molecule has 23 heteroatoms. The van der Waals surface area contributed by atoms with Gasteiger partial charge in [-0.15, -0.1) is 0 Å². The summed E-state index contributed by atoms with van der Waals surface area (Å²) in [5.41, 5.74) is 8.32. The van der Waals surface area contributed by atoms with E-state index in [1.54, 1.807) is 0 Å². The highest BCUT2D eigenvalue weighted by molar-refractivity contribution is 5.69. The number of nitrogens with zero attached hydrogens (tertiary/aromatic N) is 3. The number of carbonyl (C=O) groups is 7. The molecule has 6 unspecified atom stereocenters. The molecule has 0 aromatic carbocycles. The van der Waals surface area contributed by atoms with Gasteiger partial charge in [-0.1, -0.05) is 5.11 Å². The second-order valence-corrected chi connectivity index (χ2v) is 11.7. The summed E-state index contributed by atoms with van der Waals surface area (Å²) in [6.07, 6.45) is -15.8. The fourth-order valence-corrected chi connectivity index (χ4v) is 5.30. The average Bonchev–Trinajstić information content (AvgIpc) is 3.07. The smallest absolute Gasteiger partial charge is 0.303 e. The quantitative estimate of drug-likeness (QED) is 0.0368. The van der Waals surface area contributed by atoms with Gasteiger partial charge in [-0.3, -0.25) is 33.6 Å². The molecule has 0 saturated carbocycles. The number of ether oxygens (including phenoxy) is 13. The SMILES string of the molecule is CC(=O)OCC1O[C@@H](OCCOCCOCCN=[N+]=[N-])C(OC(C)=O)C(OC(C)=O)[C@@H]1O[C@@H]1OC(COC(C)=O)[C@H](OC(C)=O)C(OC(C)=O)C1OC(C)=O. The fraction of sp³-hybridized carbons (Fsp3) is 0.781. The average molecular weight is 794 g/mol. The lowest BCUT2D eigenvalue weighted by Crippen LogP contribution is -2.67. The van der Waals surface area contributed by atoms with Gasteiger partial charge in [-0.25, -0.2) is 0 Å². The van der Waals surface area contributed by atoms with Crippen LogP contribution in [0.3, 0.4) is 0 Å². The van der Waals surface area contributed by atoms with Crippen LogP contribution in [0.2, 0.25) is 0 Å². The maximum Gasteiger partial charge on any atom is 0.303 e. The third kappa shape index (κ3) is 16.7. The number of esters is 7. The Morgan fingerprint density at radius 1 is 0.509 bits per heavy atom. The van der Waals surface area contributed by atoms with Gasteiger partial charge in [-0.2, -0.15) is 0 Å². The molecule has 2 heterocycles. The van der Waals surface area contributed by atoms with Crippen LogP contribution in [-0.4, -0.2) is 156 Å². The molecule has 0 amide bonds. The standard InChI is InChI=1S/C32H47N3O20/c1-16(36)46-14-23-25(48-18(3)38)27(49-19(4)39)30(52-22(7)42)32(54-23)55-26-24(15-47-17(2)37)53-31(29(51-21(6)41)28(26)50-20(5)40)45-13-12-44-11-10-43-9-8-34-35-33/h23-32H,8-15H2,1-7H3/t23?,24?,25-,26+,27?,28?,29?,30?,31+,32-/m0/s1. The van der Waals surface area contributed by atoms with Crippen LogP contribution in [0.15, 0.2) is 5.11 Å². The molecule has 0 aliphatic carbocycles. The van der Waals surface area contributed by atoms with Gasteiger partial charge in [0.15, 0.2) is 43.1 Å². The molecule has 0 N–H and O–H groups in total.